The molecule has 1 unspecified atom stereocenters. The van der Waals surface area contributed by atoms with Crippen molar-refractivity contribution in [2.45, 2.75) is 25.3 Å². The van der Waals surface area contributed by atoms with Crippen LogP contribution in [-0.4, -0.2) is 29.8 Å². The van der Waals surface area contributed by atoms with Crippen LogP contribution in [0.1, 0.15) is 28.2 Å². The topological polar surface area (TPSA) is 75.6 Å². The molecular weight excluding hydrogens is 397 g/mol. The zero-order valence-electron chi connectivity index (χ0n) is 17.0. The van der Waals surface area contributed by atoms with E-state index in [0.29, 0.717) is 5.56 Å². The van der Waals surface area contributed by atoms with E-state index in [2.05, 4.69) is 5.32 Å². The number of rotatable bonds is 6. The minimum Gasteiger partial charge on any atom is -0.480 e. The molecule has 3 aromatic rings. The molecule has 0 aromatic heterocycles. The van der Waals surface area contributed by atoms with Crippen LogP contribution in [0.15, 0.2) is 66.7 Å². The highest BCUT2D eigenvalue weighted by atomic mass is 19.1. The van der Waals surface area contributed by atoms with E-state index in [9.17, 15) is 19.1 Å². The number of benzene rings is 3. The predicted molar refractivity (Wildman–Crippen MR) is 114 cm³/mol. The van der Waals surface area contributed by atoms with Gasteiger partial charge in [0.1, 0.15) is 18.5 Å². The van der Waals surface area contributed by atoms with Crippen molar-refractivity contribution in [2.75, 3.05) is 6.61 Å². The predicted octanol–water partition coefficient (Wildman–Crippen LogP) is 4.67. The second-order valence-corrected chi connectivity index (χ2v) is 7.61. The van der Waals surface area contributed by atoms with E-state index in [4.69, 9.17) is 4.74 Å². The number of hydrogen-bond acceptors (Lipinski definition) is 3. The summed E-state index contributed by atoms with van der Waals surface area (Å²) in [6.45, 7) is 1.68. The normalized spacial score (nSPS) is 13.2. The largest absolute Gasteiger partial charge is 0.480 e. The molecular formula is C25H22FNO4. The van der Waals surface area contributed by atoms with Crippen LogP contribution >= 0.6 is 0 Å². The molecule has 0 saturated heterocycles. The average molecular weight is 419 g/mol. The highest BCUT2D eigenvalue weighted by Gasteiger charge is 2.30. The summed E-state index contributed by atoms with van der Waals surface area (Å²) in [5.74, 6) is -1.85. The van der Waals surface area contributed by atoms with Gasteiger partial charge < -0.3 is 15.2 Å². The van der Waals surface area contributed by atoms with Crippen LogP contribution in [-0.2, 0) is 16.0 Å². The molecule has 0 spiro atoms. The van der Waals surface area contributed by atoms with Gasteiger partial charge in [0.25, 0.3) is 0 Å². The minimum atomic E-state index is -1.30. The van der Waals surface area contributed by atoms with Gasteiger partial charge in [0.15, 0.2) is 0 Å². The first-order valence-corrected chi connectivity index (χ1v) is 10.0. The summed E-state index contributed by atoms with van der Waals surface area (Å²) in [7, 11) is 0. The van der Waals surface area contributed by atoms with E-state index in [0.717, 1.165) is 22.3 Å². The van der Waals surface area contributed by atoms with Crippen molar-refractivity contribution in [1.29, 1.82) is 0 Å². The first-order chi connectivity index (χ1) is 15.0. The van der Waals surface area contributed by atoms with Gasteiger partial charge in [-0.15, -0.1) is 0 Å². The number of carbonyl (C=O) groups excluding carboxylic acids is 1. The molecule has 5 nitrogen and oxygen atoms in total. The number of amides is 1. The summed E-state index contributed by atoms with van der Waals surface area (Å²) in [4.78, 5) is 24.0. The first kappa shape index (κ1) is 20.6. The molecule has 1 aliphatic rings. The van der Waals surface area contributed by atoms with Crippen molar-refractivity contribution in [3.05, 3.63) is 94.8 Å². The molecule has 4 rings (SSSR count). The summed E-state index contributed by atoms with van der Waals surface area (Å²) >= 11 is 0. The van der Waals surface area contributed by atoms with Crippen molar-refractivity contribution in [1.82, 2.24) is 5.32 Å². The second kappa shape index (κ2) is 8.60. The molecule has 0 saturated carbocycles. The van der Waals surface area contributed by atoms with Gasteiger partial charge in [-0.3, -0.25) is 0 Å². The summed E-state index contributed by atoms with van der Waals surface area (Å²) in [5, 5.41) is 11.8. The molecule has 0 fully saturated rings. The number of ether oxygens (including phenoxy) is 1. The maximum Gasteiger partial charge on any atom is 0.407 e. The Morgan fingerprint density at radius 2 is 1.61 bits per heavy atom. The van der Waals surface area contributed by atoms with E-state index in [1.807, 2.05) is 48.5 Å². The first-order valence-electron chi connectivity index (χ1n) is 10.0. The number of fused-ring (bicyclic) bond motifs is 3. The molecule has 31 heavy (non-hydrogen) atoms. The van der Waals surface area contributed by atoms with E-state index in [1.165, 1.54) is 6.07 Å². The van der Waals surface area contributed by atoms with Crippen LogP contribution in [0, 0.1) is 12.7 Å². The van der Waals surface area contributed by atoms with Crippen molar-refractivity contribution < 1.29 is 23.8 Å². The maximum absolute atomic E-state index is 14.3. The van der Waals surface area contributed by atoms with Gasteiger partial charge in [0.05, 0.1) is 0 Å². The molecule has 158 valence electrons. The lowest BCUT2D eigenvalue weighted by Crippen LogP contribution is -2.43. The monoisotopic (exact) mass is 419 g/mol. The molecule has 3 aromatic carbocycles. The Morgan fingerprint density at radius 3 is 2.23 bits per heavy atom. The maximum atomic E-state index is 14.3. The Hall–Kier alpha value is -3.67. The molecule has 0 bridgehead atoms. The number of hydrogen-bond donors (Lipinski definition) is 2. The van der Waals surface area contributed by atoms with Gasteiger partial charge in [0, 0.05) is 12.3 Å². The fourth-order valence-corrected chi connectivity index (χ4v) is 4.07. The summed E-state index contributed by atoms with van der Waals surface area (Å²) in [5.41, 5.74) is 4.98. The van der Waals surface area contributed by atoms with Gasteiger partial charge in [-0.1, -0.05) is 66.7 Å². The zero-order valence-corrected chi connectivity index (χ0v) is 17.0. The molecule has 0 aliphatic heterocycles. The molecule has 1 amide bonds. The SMILES string of the molecule is Cc1cccc(CC(NC(=O)OCC2c3ccccc3-c3ccccc32)C(=O)O)c1F. The van der Waals surface area contributed by atoms with Crippen molar-refractivity contribution in [2.24, 2.45) is 0 Å². The fraction of sp³-hybridized carbons (Fsp3) is 0.200. The molecule has 6 heteroatoms. The molecule has 0 radical (unpaired) electrons. The standard InChI is InChI=1S/C25H22FNO4/c1-15-7-6-8-16(23(15)26)13-22(24(28)29)27-25(30)31-14-21-19-11-4-2-9-17(19)18-10-3-5-12-20(18)21/h2-12,21-22H,13-14H2,1H3,(H,27,30)(H,28,29). The molecule has 0 heterocycles. The quantitative estimate of drug-likeness (QED) is 0.609. The van der Waals surface area contributed by atoms with Crippen LogP contribution < -0.4 is 5.32 Å². The van der Waals surface area contributed by atoms with Gasteiger partial charge in [-0.2, -0.15) is 0 Å². The second-order valence-electron chi connectivity index (χ2n) is 7.61. The Morgan fingerprint density at radius 1 is 1.00 bits per heavy atom. The minimum absolute atomic E-state index is 0.0744. The van der Waals surface area contributed by atoms with Gasteiger partial charge in [-0.25, -0.2) is 14.0 Å². The van der Waals surface area contributed by atoms with E-state index < -0.39 is 23.9 Å². The Kier molecular flexibility index (Phi) is 5.71. The number of nitrogens with one attached hydrogen (secondary N) is 1. The van der Waals surface area contributed by atoms with Crippen LogP contribution in [0.3, 0.4) is 0 Å². The third kappa shape index (κ3) is 4.14. The van der Waals surface area contributed by atoms with Crippen molar-refractivity contribution in [3.8, 4) is 11.1 Å². The highest BCUT2D eigenvalue weighted by Crippen LogP contribution is 2.44. The lowest BCUT2D eigenvalue weighted by Gasteiger charge is -2.18. The number of halogens is 1. The molecule has 1 aliphatic carbocycles. The number of carboxylic acid groups (broad SMARTS) is 1. The Labute approximate surface area is 179 Å². The molecule has 1 atom stereocenters. The third-order valence-corrected chi connectivity index (χ3v) is 5.63. The molecule has 2 N–H and O–H groups in total. The summed E-state index contributed by atoms with van der Waals surface area (Å²) in [6, 6.07) is 19.3. The number of aryl methyl sites for hydroxylation is 1. The Balaban J connectivity index is 1.45. The number of aliphatic carboxylic acids is 1. The fourth-order valence-electron chi connectivity index (χ4n) is 4.07. The summed E-state index contributed by atoms with van der Waals surface area (Å²) < 4.78 is 19.7. The number of carboxylic acids is 1. The number of carbonyl (C=O) groups is 2. The number of alkyl carbamates (subject to hydrolysis) is 1. The van der Waals surface area contributed by atoms with Crippen LogP contribution in [0.25, 0.3) is 11.1 Å². The lowest BCUT2D eigenvalue weighted by molar-refractivity contribution is -0.139. The lowest BCUT2D eigenvalue weighted by atomic mass is 9.98. The third-order valence-electron chi connectivity index (χ3n) is 5.63. The average Bonchev–Trinajstić information content (AvgIpc) is 3.08. The smallest absolute Gasteiger partial charge is 0.407 e. The van der Waals surface area contributed by atoms with E-state index >= 15 is 0 Å². The van der Waals surface area contributed by atoms with E-state index in [-0.39, 0.29) is 24.5 Å². The van der Waals surface area contributed by atoms with Crippen molar-refractivity contribution >= 4 is 12.1 Å². The highest BCUT2D eigenvalue weighted by molar-refractivity contribution is 5.81. The van der Waals surface area contributed by atoms with E-state index in [1.54, 1.807) is 19.1 Å². The van der Waals surface area contributed by atoms with Gasteiger partial charge in [-0.05, 0) is 40.3 Å². The zero-order chi connectivity index (χ0) is 22.0. The van der Waals surface area contributed by atoms with Crippen molar-refractivity contribution in [3.63, 3.8) is 0 Å². The van der Waals surface area contributed by atoms with Crippen LogP contribution in [0.2, 0.25) is 0 Å². The van der Waals surface area contributed by atoms with Gasteiger partial charge in [0.2, 0.25) is 0 Å². The van der Waals surface area contributed by atoms with Crippen LogP contribution in [0.4, 0.5) is 9.18 Å². The van der Waals surface area contributed by atoms with Crippen LogP contribution in [0.5, 0.6) is 0 Å². The summed E-state index contributed by atoms with van der Waals surface area (Å²) in [6.07, 6.45) is -1.02. The van der Waals surface area contributed by atoms with Gasteiger partial charge >= 0.3 is 12.1 Å². The Bertz CT molecular complexity index is 1100.